The van der Waals surface area contributed by atoms with E-state index in [9.17, 15) is 4.79 Å². The minimum absolute atomic E-state index is 0.00797. The molecule has 0 N–H and O–H groups in total. The van der Waals surface area contributed by atoms with Crippen LogP contribution >= 0.6 is 22.7 Å². The number of nitrogens with zero attached hydrogens (tertiary/aromatic N) is 4. The van der Waals surface area contributed by atoms with Crippen LogP contribution in [-0.2, 0) is 11.3 Å². The fourth-order valence-electron chi connectivity index (χ4n) is 2.62. The number of carbonyl (C=O) groups excluding carboxylic acids is 1. The lowest BCUT2D eigenvalue weighted by Crippen LogP contribution is -2.36. The van der Waals surface area contributed by atoms with E-state index in [0.29, 0.717) is 30.6 Å². The van der Waals surface area contributed by atoms with Crippen LogP contribution in [0.2, 0.25) is 0 Å². The zero-order valence-corrected chi connectivity index (χ0v) is 16.7. The van der Waals surface area contributed by atoms with Crippen LogP contribution in [0.5, 0.6) is 0 Å². The molecule has 8 heteroatoms. The van der Waals surface area contributed by atoms with Crippen LogP contribution < -0.4 is 4.90 Å². The average Bonchev–Trinajstić information content (AvgIpc) is 3.22. The summed E-state index contributed by atoms with van der Waals surface area (Å²) in [5, 5.41) is 4.06. The molecule has 0 atom stereocenters. The van der Waals surface area contributed by atoms with E-state index in [1.165, 1.54) is 11.3 Å². The molecule has 0 aliphatic carbocycles. The lowest BCUT2D eigenvalue weighted by atomic mass is 10.2. The summed E-state index contributed by atoms with van der Waals surface area (Å²) in [6.45, 7) is 9.76. The minimum atomic E-state index is 0.00797. The molecule has 136 valence electrons. The van der Waals surface area contributed by atoms with E-state index < -0.39 is 0 Å². The van der Waals surface area contributed by atoms with Crippen LogP contribution in [0.25, 0.3) is 0 Å². The number of hydrogen-bond acceptors (Lipinski definition) is 7. The molecule has 0 spiro atoms. The van der Waals surface area contributed by atoms with E-state index in [0.717, 1.165) is 34.6 Å². The van der Waals surface area contributed by atoms with Gasteiger partial charge in [-0.2, -0.15) is 0 Å². The maximum absolute atomic E-state index is 12.8. The third-order valence-corrected chi connectivity index (χ3v) is 6.47. The fourth-order valence-corrected chi connectivity index (χ4v) is 4.56. The number of aryl methyl sites for hydroxylation is 1. The predicted molar refractivity (Wildman–Crippen MR) is 102 cm³/mol. The first-order chi connectivity index (χ1) is 12.0. The highest BCUT2D eigenvalue weighted by Gasteiger charge is 2.23. The summed E-state index contributed by atoms with van der Waals surface area (Å²) < 4.78 is 5.38. The summed E-state index contributed by atoms with van der Waals surface area (Å²) in [5.41, 5.74) is 1.74. The third kappa shape index (κ3) is 4.19. The van der Waals surface area contributed by atoms with E-state index >= 15 is 0 Å². The summed E-state index contributed by atoms with van der Waals surface area (Å²) >= 11 is 3.13. The van der Waals surface area contributed by atoms with Gasteiger partial charge in [0.1, 0.15) is 4.88 Å². The Bertz CT molecular complexity index is 735. The number of morpholine rings is 1. The van der Waals surface area contributed by atoms with E-state index in [-0.39, 0.29) is 5.91 Å². The standard InChI is InChI=1S/C17H24N4O2S2/c1-11(2)15-19-13(10-24-15)9-20(4)16(22)14-12(3)18-17(25-14)21-5-7-23-8-6-21/h10-11H,5-9H2,1-4H3. The van der Waals surface area contributed by atoms with Gasteiger partial charge in [-0.1, -0.05) is 25.2 Å². The SMILES string of the molecule is Cc1nc(N2CCOCC2)sc1C(=O)N(C)Cc1csc(C(C)C)n1. The van der Waals surface area contributed by atoms with Crippen molar-refractivity contribution in [3.8, 4) is 0 Å². The van der Waals surface area contributed by atoms with Gasteiger partial charge in [-0.05, 0) is 6.92 Å². The molecule has 3 rings (SSSR count). The lowest BCUT2D eigenvalue weighted by molar-refractivity contribution is 0.0787. The van der Waals surface area contributed by atoms with Crippen molar-refractivity contribution in [2.45, 2.75) is 33.2 Å². The summed E-state index contributed by atoms with van der Waals surface area (Å²) in [6.07, 6.45) is 0. The van der Waals surface area contributed by atoms with Crippen molar-refractivity contribution in [1.29, 1.82) is 0 Å². The monoisotopic (exact) mass is 380 g/mol. The Hall–Kier alpha value is -1.51. The first-order valence-electron chi connectivity index (χ1n) is 8.45. The number of anilines is 1. The van der Waals surface area contributed by atoms with E-state index in [1.807, 2.05) is 19.4 Å². The molecule has 0 unspecified atom stereocenters. The Morgan fingerprint density at radius 1 is 1.36 bits per heavy atom. The van der Waals surface area contributed by atoms with Crippen molar-refractivity contribution in [3.05, 3.63) is 26.7 Å². The fraction of sp³-hybridized carbons (Fsp3) is 0.588. The van der Waals surface area contributed by atoms with Crippen molar-refractivity contribution >= 4 is 33.7 Å². The van der Waals surface area contributed by atoms with Crippen LogP contribution in [0, 0.1) is 6.92 Å². The molecular weight excluding hydrogens is 356 g/mol. The van der Waals surface area contributed by atoms with Gasteiger partial charge in [-0.25, -0.2) is 9.97 Å². The maximum atomic E-state index is 12.8. The first kappa shape index (κ1) is 18.3. The Morgan fingerprint density at radius 3 is 2.72 bits per heavy atom. The van der Waals surface area contributed by atoms with E-state index in [1.54, 1.807) is 16.2 Å². The van der Waals surface area contributed by atoms with Crippen molar-refractivity contribution in [1.82, 2.24) is 14.9 Å². The number of hydrogen-bond donors (Lipinski definition) is 0. The summed E-state index contributed by atoms with van der Waals surface area (Å²) in [4.78, 5) is 26.7. The lowest BCUT2D eigenvalue weighted by Gasteiger charge is -2.26. The highest BCUT2D eigenvalue weighted by atomic mass is 32.1. The Morgan fingerprint density at radius 2 is 2.08 bits per heavy atom. The van der Waals surface area contributed by atoms with Crippen LogP contribution in [0.4, 0.5) is 5.13 Å². The smallest absolute Gasteiger partial charge is 0.266 e. The van der Waals surface area contributed by atoms with Crippen LogP contribution in [0.1, 0.15) is 45.8 Å². The highest BCUT2D eigenvalue weighted by Crippen LogP contribution is 2.28. The molecule has 0 radical (unpaired) electrons. The topological polar surface area (TPSA) is 58.6 Å². The van der Waals surface area contributed by atoms with Gasteiger partial charge in [0.25, 0.3) is 5.91 Å². The molecule has 25 heavy (non-hydrogen) atoms. The number of ether oxygens (including phenoxy) is 1. The molecule has 2 aromatic heterocycles. The second kappa shape index (κ2) is 7.80. The number of amides is 1. The van der Waals surface area contributed by atoms with Gasteiger partial charge in [0.05, 0.1) is 36.2 Å². The van der Waals surface area contributed by atoms with Crippen LogP contribution in [0.15, 0.2) is 5.38 Å². The predicted octanol–water partition coefficient (Wildman–Crippen LogP) is 3.14. The molecule has 1 fully saturated rings. The summed E-state index contributed by atoms with van der Waals surface area (Å²) in [7, 11) is 1.82. The quantitative estimate of drug-likeness (QED) is 0.798. The zero-order chi connectivity index (χ0) is 18.0. The average molecular weight is 381 g/mol. The van der Waals surface area contributed by atoms with Gasteiger partial charge in [-0.15, -0.1) is 11.3 Å². The molecular formula is C17H24N4O2S2. The maximum Gasteiger partial charge on any atom is 0.266 e. The molecule has 1 saturated heterocycles. The highest BCUT2D eigenvalue weighted by molar-refractivity contribution is 7.17. The normalized spacial score (nSPS) is 15.0. The summed E-state index contributed by atoms with van der Waals surface area (Å²) in [6, 6.07) is 0. The largest absolute Gasteiger partial charge is 0.378 e. The van der Waals surface area contributed by atoms with Gasteiger partial charge in [0.2, 0.25) is 0 Å². The van der Waals surface area contributed by atoms with Crippen molar-refractivity contribution in [2.75, 3.05) is 38.3 Å². The molecule has 2 aromatic rings. The van der Waals surface area contributed by atoms with Gasteiger partial charge in [0.15, 0.2) is 5.13 Å². The van der Waals surface area contributed by atoms with E-state index in [4.69, 9.17) is 4.74 Å². The number of carbonyl (C=O) groups is 1. The minimum Gasteiger partial charge on any atom is -0.378 e. The van der Waals surface area contributed by atoms with Crippen molar-refractivity contribution < 1.29 is 9.53 Å². The molecule has 1 aliphatic heterocycles. The van der Waals surface area contributed by atoms with Crippen LogP contribution in [0.3, 0.4) is 0 Å². The van der Waals surface area contributed by atoms with Crippen molar-refractivity contribution in [2.24, 2.45) is 0 Å². The van der Waals surface area contributed by atoms with Gasteiger partial charge >= 0.3 is 0 Å². The molecule has 6 nitrogen and oxygen atoms in total. The molecule has 0 bridgehead atoms. The first-order valence-corrected chi connectivity index (χ1v) is 10.1. The van der Waals surface area contributed by atoms with Crippen LogP contribution in [-0.4, -0.2) is 54.1 Å². The Kier molecular flexibility index (Phi) is 5.71. The molecule has 0 saturated carbocycles. The Balaban J connectivity index is 1.69. The number of rotatable bonds is 5. The van der Waals surface area contributed by atoms with Gasteiger partial charge in [0, 0.05) is 31.4 Å². The van der Waals surface area contributed by atoms with E-state index in [2.05, 4.69) is 28.7 Å². The third-order valence-electron chi connectivity index (χ3n) is 4.07. The van der Waals surface area contributed by atoms with Crippen molar-refractivity contribution in [3.63, 3.8) is 0 Å². The molecule has 1 amide bonds. The second-order valence-corrected chi connectivity index (χ2v) is 8.37. The molecule has 1 aliphatic rings. The zero-order valence-electron chi connectivity index (χ0n) is 15.1. The second-order valence-electron chi connectivity index (χ2n) is 6.50. The van der Waals surface area contributed by atoms with Gasteiger partial charge in [-0.3, -0.25) is 4.79 Å². The number of aromatic nitrogens is 2. The molecule has 3 heterocycles. The molecule has 0 aromatic carbocycles. The Labute approximate surface area is 156 Å². The van der Waals surface area contributed by atoms with Gasteiger partial charge < -0.3 is 14.5 Å². The number of thiazole rings is 2. The summed E-state index contributed by atoms with van der Waals surface area (Å²) in [5.74, 6) is 0.424.